The summed E-state index contributed by atoms with van der Waals surface area (Å²) in [7, 11) is 0. The van der Waals surface area contributed by atoms with E-state index in [-0.39, 0.29) is 6.61 Å². The highest BCUT2D eigenvalue weighted by molar-refractivity contribution is 5.63. The Morgan fingerprint density at radius 1 is 1.15 bits per heavy atom. The molecule has 1 aromatic carbocycles. The van der Waals surface area contributed by atoms with Gasteiger partial charge in [0.15, 0.2) is 0 Å². The van der Waals surface area contributed by atoms with Gasteiger partial charge < -0.3 is 5.11 Å². The second-order valence-electron chi connectivity index (χ2n) is 4.68. The Balaban J connectivity index is 2.15. The van der Waals surface area contributed by atoms with Gasteiger partial charge in [0.1, 0.15) is 0 Å². The highest BCUT2D eigenvalue weighted by atomic mass is 16.3. The van der Waals surface area contributed by atoms with Crippen LogP contribution >= 0.6 is 0 Å². The maximum absolute atomic E-state index is 9.09. The lowest BCUT2D eigenvalue weighted by Crippen LogP contribution is -2.26. The van der Waals surface area contributed by atoms with Crippen molar-refractivity contribution in [1.82, 2.24) is 9.88 Å². The van der Waals surface area contributed by atoms with E-state index in [0.717, 1.165) is 13.1 Å². The Bertz CT molecular complexity index is 540. The molecule has 0 radical (unpaired) electrons. The van der Waals surface area contributed by atoms with Crippen LogP contribution in [0.3, 0.4) is 0 Å². The van der Waals surface area contributed by atoms with Crippen LogP contribution in [0, 0.1) is 0 Å². The molecule has 104 valence electrons. The van der Waals surface area contributed by atoms with Crippen molar-refractivity contribution < 1.29 is 5.11 Å². The summed E-state index contributed by atoms with van der Waals surface area (Å²) in [6.07, 6.45) is 5.47. The first-order chi connectivity index (χ1) is 9.83. The standard InChI is InChI=1S/C17H20N2O/c1-2-10-19(11-12-20)14-15-4-3-5-17(13-15)16-6-8-18-9-7-16/h2-9,13,20H,1,10-12,14H2. The predicted octanol–water partition coefficient (Wildman–Crippen LogP) is 2.73. The van der Waals surface area contributed by atoms with Crippen LogP contribution in [0.25, 0.3) is 11.1 Å². The summed E-state index contributed by atoms with van der Waals surface area (Å²) in [5.74, 6) is 0. The molecule has 1 N–H and O–H groups in total. The highest BCUT2D eigenvalue weighted by Crippen LogP contribution is 2.20. The molecule has 20 heavy (non-hydrogen) atoms. The third kappa shape index (κ3) is 4.02. The summed E-state index contributed by atoms with van der Waals surface area (Å²) in [6.45, 7) is 6.17. The van der Waals surface area contributed by atoms with Gasteiger partial charge in [0, 0.05) is 32.0 Å². The zero-order chi connectivity index (χ0) is 14.2. The van der Waals surface area contributed by atoms with Crippen molar-refractivity contribution in [3.8, 4) is 11.1 Å². The molecular weight excluding hydrogens is 248 g/mol. The number of aromatic nitrogens is 1. The van der Waals surface area contributed by atoms with Gasteiger partial charge in [-0.25, -0.2) is 0 Å². The second kappa shape index (κ2) is 7.58. The number of pyridine rings is 1. The van der Waals surface area contributed by atoms with Crippen LogP contribution in [0.2, 0.25) is 0 Å². The zero-order valence-corrected chi connectivity index (χ0v) is 11.6. The minimum absolute atomic E-state index is 0.165. The van der Waals surface area contributed by atoms with Gasteiger partial charge in [0.25, 0.3) is 0 Å². The summed E-state index contributed by atoms with van der Waals surface area (Å²) in [5.41, 5.74) is 3.58. The monoisotopic (exact) mass is 268 g/mol. The fraction of sp³-hybridized carbons (Fsp3) is 0.235. The van der Waals surface area contributed by atoms with Crippen LogP contribution in [-0.2, 0) is 6.54 Å². The molecule has 0 aliphatic heterocycles. The Labute approximate surface area is 120 Å². The number of nitrogens with zero attached hydrogens (tertiary/aromatic N) is 2. The first kappa shape index (κ1) is 14.4. The van der Waals surface area contributed by atoms with E-state index in [4.69, 9.17) is 5.11 Å². The first-order valence-electron chi connectivity index (χ1n) is 6.77. The Hall–Kier alpha value is -1.97. The number of rotatable bonds is 7. The lowest BCUT2D eigenvalue weighted by molar-refractivity contribution is 0.203. The van der Waals surface area contributed by atoms with Crippen LogP contribution in [-0.4, -0.2) is 34.7 Å². The first-order valence-corrected chi connectivity index (χ1v) is 6.77. The van der Waals surface area contributed by atoms with E-state index in [2.05, 4.69) is 40.7 Å². The molecule has 3 nitrogen and oxygen atoms in total. The molecule has 0 bridgehead atoms. The fourth-order valence-corrected chi connectivity index (χ4v) is 2.21. The fourth-order valence-electron chi connectivity index (χ4n) is 2.21. The number of hydrogen-bond acceptors (Lipinski definition) is 3. The average molecular weight is 268 g/mol. The van der Waals surface area contributed by atoms with E-state index in [1.807, 2.05) is 18.2 Å². The van der Waals surface area contributed by atoms with E-state index >= 15 is 0 Å². The molecule has 0 aliphatic rings. The zero-order valence-electron chi connectivity index (χ0n) is 11.6. The van der Waals surface area contributed by atoms with Crippen molar-refractivity contribution in [3.63, 3.8) is 0 Å². The smallest absolute Gasteiger partial charge is 0.0558 e. The molecule has 0 unspecified atom stereocenters. The molecule has 0 spiro atoms. The molecular formula is C17H20N2O. The van der Waals surface area contributed by atoms with E-state index in [1.54, 1.807) is 12.4 Å². The highest BCUT2D eigenvalue weighted by Gasteiger charge is 2.05. The van der Waals surface area contributed by atoms with Gasteiger partial charge in [0.05, 0.1) is 6.61 Å². The number of benzene rings is 1. The molecule has 2 aromatic rings. The number of aliphatic hydroxyl groups is 1. The largest absolute Gasteiger partial charge is 0.395 e. The van der Waals surface area contributed by atoms with Gasteiger partial charge >= 0.3 is 0 Å². The second-order valence-corrected chi connectivity index (χ2v) is 4.68. The lowest BCUT2D eigenvalue weighted by Gasteiger charge is -2.19. The SMILES string of the molecule is C=CCN(CCO)Cc1cccc(-c2ccncc2)c1. The molecule has 0 amide bonds. The minimum atomic E-state index is 0.165. The lowest BCUT2D eigenvalue weighted by atomic mass is 10.0. The Morgan fingerprint density at radius 2 is 1.95 bits per heavy atom. The Kier molecular flexibility index (Phi) is 5.47. The summed E-state index contributed by atoms with van der Waals surface area (Å²) >= 11 is 0. The summed E-state index contributed by atoms with van der Waals surface area (Å²) in [5, 5.41) is 9.09. The quantitative estimate of drug-likeness (QED) is 0.784. The van der Waals surface area contributed by atoms with Crippen LogP contribution < -0.4 is 0 Å². The van der Waals surface area contributed by atoms with Gasteiger partial charge in [-0.3, -0.25) is 9.88 Å². The molecule has 0 atom stereocenters. The van der Waals surface area contributed by atoms with E-state index in [9.17, 15) is 0 Å². The van der Waals surface area contributed by atoms with E-state index in [1.165, 1.54) is 16.7 Å². The maximum atomic E-state index is 9.09. The Morgan fingerprint density at radius 3 is 2.65 bits per heavy atom. The molecule has 2 rings (SSSR count). The van der Waals surface area contributed by atoms with Crippen molar-refractivity contribution in [2.45, 2.75) is 6.54 Å². The van der Waals surface area contributed by atoms with E-state index < -0.39 is 0 Å². The van der Waals surface area contributed by atoms with Crippen molar-refractivity contribution in [1.29, 1.82) is 0 Å². The van der Waals surface area contributed by atoms with Gasteiger partial charge in [-0.2, -0.15) is 0 Å². The van der Waals surface area contributed by atoms with Crippen LogP contribution in [0.5, 0.6) is 0 Å². The van der Waals surface area contributed by atoms with Crippen LogP contribution in [0.4, 0.5) is 0 Å². The van der Waals surface area contributed by atoms with Gasteiger partial charge in [-0.05, 0) is 34.9 Å². The van der Waals surface area contributed by atoms with Crippen molar-refractivity contribution in [2.24, 2.45) is 0 Å². The number of aliphatic hydroxyl groups excluding tert-OH is 1. The van der Waals surface area contributed by atoms with Gasteiger partial charge in [-0.15, -0.1) is 6.58 Å². The van der Waals surface area contributed by atoms with Crippen LogP contribution in [0.1, 0.15) is 5.56 Å². The van der Waals surface area contributed by atoms with Gasteiger partial charge in [0.2, 0.25) is 0 Å². The molecule has 3 heteroatoms. The van der Waals surface area contributed by atoms with Crippen molar-refractivity contribution >= 4 is 0 Å². The van der Waals surface area contributed by atoms with Crippen molar-refractivity contribution in [3.05, 3.63) is 67.0 Å². The van der Waals surface area contributed by atoms with Gasteiger partial charge in [-0.1, -0.05) is 24.3 Å². The van der Waals surface area contributed by atoms with Crippen molar-refractivity contribution in [2.75, 3.05) is 19.7 Å². The summed E-state index contributed by atoms with van der Waals surface area (Å²) in [6, 6.07) is 12.5. The molecule has 0 fully saturated rings. The molecule has 0 saturated carbocycles. The molecule has 0 aliphatic carbocycles. The minimum Gasteiger partial charge on any atom is -0.395 e. The molecule has 1 heterocycles. The number of hydrogen-bond donors (Lipinski definition) is 1. The molecule has 0 saturated heterocycles. The maximum Gasteiger partial charge on any atom is 0.0558 e. The third-order valence-electron chi connectivity index (χ3n) is 3.15. The molecule has 1 aromatic heterocycles. The predicted molar refractivity (Wildman–Crippen MR) is 82.2 cm³/mol. The topological polar surface area (TPSA) is 36.4 Å². The summed E-state index contributed by atoms with van der Waals surface area (Å²) in [4.78, 5) is 6.21. The van der Waals surface area contributed by atoms with Crippen LogP contribution in [0.15, 0.2) is 61.4 Å². The normalized spacial score (nSPS) is 10.7. The average Bonchev–Trinajstić information content (AvgIpc) is 2.49. The van der Waals surface area contributed by atoms with E-state index in [0.29, 0.717) is 6.54 Å². The summed E-state index contributed by atoms with van der Waals surface area (Å²) < 4.78 is 0. The third-order valence-corrected chi connectivity index (χ3v) is 3.15.